The summed E-state index contributed by atoms with van der Waals surface area (Å²) >= 11 is 17.5. The first-order valence-electron chi connectivity index (χ1n) is 8.76. The van der Waals surface area contributed by atoms with E-state index in [-0.39, 0.29) is 23.6 Å². The fraction of sp³-hybridized carbons (Fsp3) is 0.200. The number of nitrogens with zero attached hydrogens (tertiary/aromatic N) is 1. The van der Waals surface area contributed by atoms with Crippen molar-refractivity contribution in [2.24, 2.45) is 5.92 Å². The molecule has 1 fully saturated rings. The lowest BCUT2D eigenvalue weighted by atomic mass is 10.1. The Morgan fingerprint density at radius 1 is 1.03 bits per heavy atom. The Labute approximate surface area is 186 Å². The van der Waals surface area contributed by atoms with Gasteiger partial charge in [-0.3, -0.25) is 29.6 Å². The molecular weight excluding hydrogens is 455 g/mol. The van der Waals surface area contributed by atoms with E-state index in [2.05, 4.69) is 5.43 Å². The molecule has 0 radical (unpaired) electrons. The topological polar surface area (TPSA) is 92.8 Å². The third-order valence-electron chi connectivity index (χ3n) is 4.38. The van der Waals surface area contributed by atoms with Gasteiger partial charge in [-0.25, -0.2) is 0 Å². The highest BCUT2D eigenvalue weighted by atomic mass is 35.5. The fourth-order valence-corrected chi connectivity index (χ4v) is 3.45. The lowest BCUT2D eigenvalue weighted by Gasteiger charge is -2.17. The molecule has 1 heterocycles. The maximum atomic E-state index is 12.3. The van der Waals surface area contributed by atoms with Crippen LogP contribution in [0.4, 0.5) is 0 Å². The van der Waals surface area contributed by atoms with Gasteiger partial charge in [0.1, 0.15) is 0 Å². The van der Waals surface area contributed by atoms with Gasteiger partial charge in [0.25, 0.3) is 5.91 Å². The normalized spacial score (nSPS) is 15.8. The van der Waals surface area contributed by atoms with E-state index in [9.17, 15) is 19.2 Å². The van der Waals surface area contributed by atoms with E-state index < -0.39 is 36.1 Å². The Kier molecular flexibility index (Phi) is 6.97. The summed E-state index contributed by atoms with van der Waals surface area (Å²) in [5.74, 6) is -2.98. The second-order valence-electron chi connectivity index (χ2n) is 6.51. The van der Waals surface area contributed by atoms with Crippen molar-refractivity contribution in [2.75, 3.05) is 13.2 Å². The highest BCUT2D eigenvalue weighted by molar-refractivity contribution is 6.36. The smallest absolute Gasteiger partial charge is 0.311 e. The molecule has 0 aromatic heterocycles. The Morgan fingerprint density at radius 2 is 1.70 bits per heavy atom. The molecule has 1 aliphatic rings. The number of rotatable bonds is 6. The van der Waals surface area contributed by atoms with E-state index in [4.69, 9.17) is 39.5 Å². The van der Waals surface area contributed by atoms with Crippen LogP contribution in [0.3, 0.4) is 0 Å². The van der Waals surface area contributed by atoms with Crippen molar-refractivity contribution in [3.8, 4) is 0 Å². The monoisotopic (exact) mass is 468 g/mol. The Hall–Kier alpha value is -2.61. The van der Waals surface area contributed by atoms with Crippen LogP contribution in [-0.2, 0) is 14.3 Å². The number of hydrogen-bond acceptors (Lipinski definition) is 5. The van der Waals surface area contributed by atoms with Gasteiger partial charge >= 0.3 is 5.97 Å². The summed E-state index contributed by atoms with van der Waals surface area (Å²) < 4.78 is 5.04. The number of hydrogen-bond donors (Lipinski definition) is 1. The van der Waals surface area contributed by atoms with E-state index in [0.717, 1.165) is 5.01 Å². The molecule has 0 saturated carbocycles. The van der Waals surface area contributed by atoms with Gasteiger partial charge in [-0.15, -0.1) is 0 Å². The number of halogens is 3. The molecule has 156 valence electrons. The largest absolute Gasteiger partial charge is 0.457 e. The molecular formula is C20H15Cl3N2O5. The minimum absolute atomic E-state index is 0.0626. The summed E-state index contributed by atoms with van der Waals surface area (Å²) in [6, 6.07) is 10.5. The van der Waals surface area contributed by atoms with Crippen molar-refractivity contribution in [3.05, 3.63) is 68.7 Å². The number of carbonyl (C=O) groups is 4. The molecule has 10 heteroatoms. The molecule has 2 aromatic carbocycles. The van der Waals surface area contributed by atoms with Gasteiger partial charge in [0.15, 0.2) is 6.61 Å². The molecule has 7 nitrogen and oxygen atoms in total. The van der Waals surface area contributed by atoms with Crippen LogP contribution in [0.1, 0.15) is 27.1 Å². The minimum Gasteiger partial charge on any atom is -0.457 e. The predicted molar refractivity (Wildman–Crippen MR) is 110 cm³/mol. The molecule has 0 bridgehead atoms. The number of benzene rings is 2. The van der Waals surface area contributed by atoms with Gasteiger partial charge in [0.2, 0.25) is 11.7 Å². The zero-order valence-electron chi connectivity index (χ0n) is 15.4. The number of esters is 1. The zero-order valence-corrected chi connectivity index (χ0v) is 17.6. The van der Waals surface area contributed by atoms with E-state index in [1.165, 1.54) is 30.3 Å². The molecule has 0 unspecified atom stereocenters. The van der Waals surface area contributed by atoms with Gasteiger partial charge in [-0.05, 0) is 42.5 Å². The summed E-state index contributed by atoms with van der Waals surface area (Å²) in [5, 5.41) is 2.05. The second-order valence-corrected chi connectivity index (χ2v) is 7.79. The minimum atomic E-state index is -0.809. The van der Waals surface area contributed by atoms with Crippen molar-refractivity contribution < 1.29 is 23.9 Å². The first-order valence-corrected chi connectivity index (χ1v) is 9.90. The van der Waals surface area contributed by atoms with Gasteiger partial charge in [-0.1, -0.05) is 34.8 Å². The van der Waals surface area contributed by atoms with Crippen LogP contribution < -0.4 is 5.43 Å². The van der Waals surface area contributed by atoms with E-state index >= 15 is 0 Å². The highest BCUT2D eigenvalue weighted by Gasteiger charge is 2.36. The molecule has 0 aliphatic carbocycles. The third-order valence-corrected chi connectivity index (χ3v) is 5.18. The molecule has 2 aromatic rings. The van der Waals surface area contributed by atoms with Crippen LogP contribution in [0.15, 0.2) is 42.5 Å². The van der Waals surface area contributed by atoms with Gasteiger partial charge in [-0.2, -0.15) is 0 Å². The van der Waals surface area contributed by atoms with Crippen LogP contribution in [0.2, 0.25) is 15.1 Å². The molecule has 2 amide bonds. The number of ether oxygens (including phenoxy) is 1. The van der Waals surface area contributed by atoms with E-state index in [1.54, 1.807) is 12.1 Å². The summed E-state index contributed by atoms with van der Waals surface area (Å²) in [6.45, 7) is -0.588. The zero-order chi connectivity index (χ0) is 21.8. The molecule has 30 heavy (non-hydrogen) atoms. The number of Topliss-reactive ketones (excluding diaryl/α,β-unsaturated/α-hetero) is 1. The molecule has 1 N–H and O–H groups in total. The first kappa shape index (κ1) is 22.1. The predicted octanol–water partition coefficient (Wildman–Crippen LogP) is 3.57. The second kappa shape index (κ2) is 9.47. The summed E-state index contributed by atoms with van der Waals surface area (Å²) in [5.41, 5.74) is 2.93. The van der Waals surface area contributed by atoms with Crippen LogP contribution in [-0.4, -0.2) is 41.7 Å². The lowest BCUT2D eigenvalue weighted by molar-refractivity contribution is -0.147. The van der Waals surface area contributed by atoms with Gasteiger partial charge in [0, 0.05) is 27.6 Å². The standard InChI is InChI=1S/C20H15Cl3N2O5/c21-13-3-1-11(2-4-13)19(28)24-25-9-12(7-18(25)27)20(29)30-10-17(26)15-6-5-14(22)8-16(15)23/h1-6,8,12H,7,9-10H2,(H,24,28)/t12-/m1/s1. The summed E-state index contributed by atoms with van der Waals surface area (Å²) in [6.07, 6.45) is -0.143. The SMILES string of the molecule is O=C(NN1C[C@H](C(=O)OCC(=O)c2ccc(Cl)cc2Cl)CC1=O)c1ccc(Cl)cc1. The summed E-state index contributed by atoms with van der Waals surface area (Å²) in [7, 11) is 0. The Balaban J connectivity index is 1.53. The Bertz CT molecular complexity index is 1010. The molecule has 1 aliphatic heterocycles. The average Bonchev–Trinajstić information content (AvgIpc) is 3.06. The van der Waals surface area contributed by atoms with Crippen molar-refractivity contribution in [3.63, 3.8) is 0 Å². The third kappa shape index (κ3) is 5.30. The van der Waals surface area contributed by atoms with Crippen molar-refractivity contribution in [1.82, 2.24) is 10.4 Å². The van der Waals surface area contributed by atoms with Crippen LogP contribution >= 0.6 is 34.8 Å². The maximum Gasteiger partial charge on any atom is 0.311 e. The summed E-state index contributed by atoms with van der Waals surface area (Å²) in [4.78, 5) is 48.8. The van der Waals surface area contributed by atoms with E-state index in [0.29, 0.717) is 15.6 Å². The van der Waals surface area contributed by atoms with Crippen LogP contribution in [0.25, 0.3) is 0 Å². The number of amides is 2. The number of hydrazine groups is 1. The molecule has 3 rings (SSSR count). The fourth-order valence-electron chi connectivity index (χ4n) is 2.81. The quantitative estimate of drug-likeness (QED) is 0.516. The molecule has 1 saturated heterocycles. The van der Waals surface area contributed by atoms with Gasteiger partial charge < -0.3 is 4.74 Å². The number of carbonyl (C=O) groups excluding carboxylic acids is 4. The number of ketones is 1. The first-order chi connectivity index (χ1) is 14.2. The number of nitrogens with one attached hydrogen (secondary N) is 1. The average molecular weight is 470 g/mol. The molecule has 0 spiro atoms. The maximum absolute atomic E-state index is 12.3. The van der Waals surface area contributed by atoms with Crippen molar-refractivity contribution in [2.45, 2.75) is 6.42 Å². The van der Waals surface area contributed by atoms with Crippen molar-refractivity contribution in [1.29, 1.82) is 0 Å². The van der Waals surface area contributed by atoms with Crippen molar-refractivity contribution >= 4 is 58.4 Å². The van der Waals surface area contributed by atoms with E-state index in [1.807, 2.05) is 0 Å². The highest BCUT2D eigenvalue weighted by Crippen LogP contribution is 2.22. The van der Waals surface area contributed by atoms with Crippen LogP contribution in [0.5, 0.6) is 0 Å². The lowest BCUT2D eigenvalue weighted by Crippen LogP contribution is -2.43. The van der Waals surface area contributed by atoms with Gasteiger partial charge in [0.05, 0.1) is 17.5 Å². The Morgan fingerprint density at radius 3 is 2.37 bits per heavy atom. The molecule has 1 atom stereocenters. The van der Waals surface area contributed by atoms with Crippen LogP contribution in [0, 0.1) is 5.92 Å².